The van der Waals surface area contributed by atoms with Gasteiger partial charge in [-0.25, -0.2) is 8.42 Å². The zero-order chi connectivity index (χ0) is 13.1. The highest BCUT2D eigenvalue weighted by molar-refractivity contribution is 7.89. The van der Waals surface area contributed by atoms with Crippen molar-refractivity contribution in [3.63, 3.8) is 0 Å². The average molecular weight is 268 g/mol. The number of rotatable bonds is 4. The van der Waals surface area contributed by atoms with Crippen LogP contribution in [0.3, 0.4) is 0 Å². The number of sulfonamides is 1. The normalized spacial score (nSPS) is 14.6. The lowest BCUT2D eigenvalue weighted by Crippen LogP contribution is -2.44. The summed E-state index contributed by atoms with van der Waals surface area (Å²) >= 11 is 0. The van der Waals surface area contributed by atoms with Gasteiger partial charge in [0.25, 0.3) is 0 Å². The molecule has 1 atom stereocenters. The van der Waals surface area contributed by atoms with Crippen LogP contribution in [0, 0.1) is 0 Å². The van der Waals surface area contributed by atoms with Crippen LogP contribution in [0.25, 0.3) is 0 Å². The number of hydrogen-bond acceptors (Lipinski definition) is 3. The lowest BCUT2D eigenvalue weighted by Gasteiger charge is -2.19. The van der Waals surface area contributed by atoms with Gasteiger partial charge in [0.15, 0.2) is 0 Å². The van der Waals surface area contributed by atoms with E-state index in [1.807, 2.05) is 0 Å². The first-order chi connectivity index (χ1) is 7.77. The molecule has 1 heterocycles. The third-order valence-electron chi connectivity index (χ3n) is 2.05. The molecular formula is C9H11F3N2O2S. The van der Waals surface area contributed by atoms with E-state index in [-0.39, 0.29) is 11.3 Å². The second-order valence-electron chi connectivity index (χ2n) is 3.31. The maximum Gasteiger partial charge on any atom is 0.404 e. The van der Waals surface area contributed by atoms with Gasteiger partial charge < -0.3 is 0 Å². The summed E-state index contributed by atoms with van der Waals surface area (Å²) in [5.41, 5.74) is 0. The summed E-state index contributed by atoms with van der Waals surface area (Å²) < 4.78 is 62.1. The van der Waals surface area contributed by atoms with E-state index in [9.17, 15) is 21.6 Å². The Labute approximate surface area is 96.9 Å². The Morgan fingerprint density at radius 3 is 2.53 bits per heavy atom. The minimum atomic E-state index is -4.61. The molecule has 17 heavy (non-hydrogen) atoms. The average Bonchev–Trinajstić information content (AvgIpc) is 2.25. The maximum absolute atomic E-state index is 12.4. The first-order valence-electron chi connectivity index (χ1n) is 4.76. The van der Waals surface area contributed by atoms with Crippen LogP contribution < -0.4 is 4.72 Å². The monoisotopic (exact) mass is 268 g/mol. The van der Waals surface area contributed by atoms with Gasteiger partial charge in [-0.05, 0) is 18.6 Å². The highest BCUT2D eigenvalue weighted by atomic mass is 32.2. The van der Waals surface area contributed by atoms with Gasteiger partial charge in [0, 0.05) is 12.4 Å². The largest absolute Gasteiger partial charge is 0.404 e. The maximum atomic E-state index is 12.4. The van der Waals surface area contributed by atoms with Gasteiger partial charge in [-0.2, -0.15) is 17.9 Å². The highest BCUT2D eigenvalue weighted by Crippen LogP contribution is 2.23. The molecule has 0 aliphatic heterocycles. The number of nitrogens with one attached hydrogen (secondary N) is 1. The molecule has 0 amide bonds. The number of nitrogens with zero attached hydrogens (tertiary/aromatic N) is 1. The van der Waals surface area contributed by atoms with Crippen molar-refractivity contribution in [2.45, 2.75) is 30.5 Å². The molecule has 0 saturated carbocycles. The predicted octanol–water partition coefficient (Wildman–Crippen LogP) is 1.70. The number of halogens is 3. The predicted molar refractivity (Wildman–Crippen MR) is 54.7 cm³/mol. The van der Waals surface area contributed by atoms with E-state index in [1.54, 1.807) is 4.72 Å². The number of aromatic nitrogens is 1. The van der Waals surface area contributed by atoms with Crippen molar-refractivity contribution in [1.82, 2.24) is 9.71 Å². The van der Waals surface area contributed by atoms with Gasteiger partial charge in [0.1, 0.15) is 10.9 Å². The zero-order valence-electron chi connectivity index (χ0n) is 8.90. The third kappa shape index (κ3) is 3.67. The molecule has 0 spiro atoms. The van der Waals surface area contributed by atoms with Gasteiger partial charge in [0.05, 0.1) is 0 Å². The number of hydrogen-bond donors (Lipinski definition) is 1. The van der Waals surface area contributed by atoms with Crippen molar-refractivity contribution in [3.05, 3.63) is 24.5 Å². The van der Waals surface area contributed by atoms with Crippen LogP contribution in [-0.2, 0) is 10.0 Å². The molecule has 0 aliphatic rings. The lowest BCUT2D eigenvalue weighted by molar-refractivity contribution is -0.151. The lowest BCUT2D eigenvalue weighted by atomic mass is 10.2. The van der Waals surface area contributed by atoms with Gasteiger partial charge >= 0.3 is 6.18 Å². The molecule has 1 aromatic rings. The standard InChI is InChI=1S/C9H11F3N2O2S/c1-2-8(9(10,11)12)14-17(15,16)7-4-3-5-13-6-7/h3-6,8,14H,2H2,1H3/t8-/m0/s1. The zero-order valence-corrected chi connectivity index (χ0v) is 9.72. The molecule has 4 nitrogen and oxygen atoms in total. The van der Waals surface area contributed by atoms with E-state index >= 15 is 0 Å². The minimum absolute atomic E-state index is 0.289. The topological polar surface area (TPSA) is 59.1 Å². The molecule has 0 radical (unpaired) electrons. The molecule has 0 aliphatic carbocycles. The molecule has 1 N–H and O–H groups in total. The van der Waals surface area contributed by atoms with Crippen LogP contribution in [0.2, 0.25) is 0 Å². The molecule has 0 fully saturated rings. The smallest absolute Gasteiger partial charge is 0.263 e. The van der Waals surface area contributed by atoms with Crippen molar-refractivity contribution in [3.8, 4) is 0 Å². The quantitative estimate of drug-likeness (QED) is 0.904. The van der Waals surface area contributed by atoms with E-state index in [0.717, 1.165) is 6.20 Å². The summed E-state index contributed by atoms with van der Waals surface area (Å²) in [6, 6.07) is 0.425. The summed E-state index contributed by atoms with van der Waals surface area (Å²) in [5.74, 6) is 0. The van der Waals surface area contributed by atoms with Crippen molar-refractivity contribution >= 4 is 10.0 Å². The second-order valence-corrected chi connectivity index (χ2v) is 5.03. The van der Waals surface area contributed by atoms with Crippen molar-refractivity contribution in [2.75, 3.05) is 0 Å². The summed E-state index contributed by atoms with van der Waals surface area (Å²) in [6.45, 7) is 1.25. The highest BCUT2D eigenvalue weighted by Gasteiger charge is 2.40. The summed E-state index contributed by atoms with van der Waals surface area (Å²) in [7, 11) is -4.19. The Bertz CT molecular complexity index is 459. The Morgan fingerprint density at radius 2 is 2.12 bits per heavy atom. The Morgan fingerprint density at radius 1 is 1.47 bits per heavy atom. The van der Waals surface area contributed by atoms with E-state index in [4.69, 9.17) is 0 Å². The van der Waals surface area contributed by atoms with Crippen LogP contribution in [0.4, 0.5) is 13.2 Å². The summed E-state index contributed by atoms with van der Waals surface area (Å²) in [4.78, 5) is 3.26. The first-order valence-corrected chi connectivity index (χ1v) is 6.24. The Kier molecular flexibility index (Phi) is 4.10. The van der Waals surface area contributed by atoms with Crippen LogP contribution in [0.1, 0.15) is 13.3 Å². The van der Waals surface area contributed by atoms with E-state index in [1.165, 1.54) is 25.3 Å². The first kappa shape index (κ1) is 13.9. The molecule has 1 rings (SSSR count). The molecule has 0 saturated heterocycles. The van der Waals surface area contributed by atoms with Crippen molar-refractivity contribution in [1.29, 1.82) is 0 Å². The fourth-order valence-electron chi connectivity index (χ4n) is 1.14. The van der Waals surface area contributed by atoms with Gasteiger partial charge in [-0.1, -0.05) is 6.92 Å². The second kappa shape index (κ2) is 5.01. The summed E-state index contributed by atoms with van der Waals surface area (Å²) in [5, 5.41) is 0. The Balaban J connectivity index is 2.95. The van der Waals surface area contributed by atoms with Gasteiger partial charge in [0.2, 0.25) is 10.0 Å². The van der Waals surface area contributed by atoms with Crippen molar-refractivity contribution in [2.24, 2.45) is 0 Å². The van der Waals surface area contributed by atoms with Crippen LogP contribution >= 0.6 is 0 Å². The van der Waals surface area contributed by atoms with Crippen molar-refractivity contribution < 1.29 is 21.6 Å². The molecule has 0 bridgehead atoms. The minimum Gasteiger partial charge on any atom is -0.263 e. The number of alkyl halides is 3. The van der Waals surface area contributed by atoms with Gasteiger partial charge in [-0.3, -0.25) is 4.98 Å². The van der Waals surface area contributed by atoms with Crippen LogP contribution in [-0.4, -0.2) is 25.6 Å². The SMILES string of the molecule is CC[C@H](NS(=O)(=O)c1cccnc1)C(F)(F)F. The molecular weight excluding hydrogens is 257 g/mol. The van der Waals surface area contributed by atoms with E-state index < -0.39 is 22.2 Å². The van der Waals surface area contributed by atoms with E-state index in [2.05, 4.69) is 4.98 Å². The van der Waals surface area contributed by atoms with E-state index in [0.29, 0.717) is 0 Å². The van der Waals surface area contributed by atoms with Crippen LogP contribution in [0.15, 0.2) is 29.4 Å². The van der Waals surface area contributed by atoms with Crippen LogP contribution in [0.5, 0.6) is 0 Å². The summed E-state index contributed by atoms with van der Waals surface area (Å²) in [6.07, 6.45) is -2.65. The third-order valence-corrected chi connectivity index (χ3v) is 3.50. The molecule has 96 valence electrons. The molecule has 0 unspecified atom stereocenters. The van der Waals surface area contributed by atoms with Gasteiger partial charge in [-0.15, -0.1) is 0 Å². The molecule has 0 aromatic carbocycles. The number of pyridine rings is 1. The Hall–Kier alpha value is -1.15. The molecule has 8 heteroatoms. The molecule has 1 aromatic heterocycles. The fraction of sp³-hybridized carbons (Fsp3) is 0.444. The fourth-order valence-corrected chi connectivity index (χ4v) is 2.41.